The van der Waals surface area contributed by atoms with Gasteiger partial charge >= 0.3 is 0 Å². The molecule has 2 aromatic rings. The first-order chi connectivity index (χ1) is 8.70. The average molecular weight is 243 g/mol. The summed E-state index contributed by atoms with van der Waals surface area (Å²) in [7, 11) is 0. The van der Waals surface area contributed by atoms with Gasteiger partial charge in [-0.15, -0.1) is 0 Å². The first kappa shape index (κ1) is 12.5. The molecule has 94 valence electrons. The predicted octanol–water partition coefficient (Wildman–Crippen LogP) is 2.30. The maximum atomic E-state index is 11.8. The number of nitrogens with two attached hydrogens (primary N) is 1. The highest BCUT2D eigenvalue weighted by molar-refractivity contribution is 6.01. The quantitative estimate of drug-likeness (QED) is 0.865. The van der Waals surface area contributed by atoms with E-state index in [0.29, 0.717) is 6.42 Å². The lowest BCUT2D eigenvalue weighted by molar-refractivity contribution is -0.116. The van der Waals surface area contributed by atoms with Crippen molar-refractivity contribution in [3.63, 3.8) is 0 Å². The number of fused-ring (bicyclic) bond motifs is 1. The summed E-state index contributed by atoms with van der Waals surface area (Å²) < 4.78 is 0. The maximum Gasteiger partial charge on any atom is 0.225 e. The molecule has 18 heavy (non-hydrogen) atoms. The van der Waals surface area contributed by atoms with Crippen LogP contribution in [0.5, 0.6) is 0 Å². The third-order valence-corrected chi connectivity index (χ3v) is 2.93. The van der Waals surface area contributed by atoms with E-state index in [2.05, 4.69) is 10.3 Å². The number of nitrogens with zero attached hydrogens (tertiary/aromatic N) is 1. The molecule has 1 atom stereocenters. The first-order valence-corrected chi connectivity index (χ1v) is 6.09. The average Bonchev–Trinajstić information content (AvgIpc) is 2.39. The minimum atomic E-state index is -0.0818. The van der Waals surface area contributed by atoms with Gasteiger partial charge in [-0.05, 0) is 18.6 Å². The third kappa shape index (κ3) is 2.84. The molecule has 1 aromatic carbocycles. The van der Waals surface area contributed by atoms with Gasteiger partial charge in [0.1, 0.15) is 0 Å². The summed E-state index contributed by atoms with van der Waals surface area (Å²) in [6.45, 7) is 1.97. The van der Waals surface area contributed by atoms with E-state index >= 15 is 0 Å². The van der Waals surface area contributed by atoms with Gasteiger partial charge in [0.25, 0.3) is 0 Å². The van der Waals surface area contributed by atoms with Crippen LogP contribution in [-0.2, 0) is 4.79 Å². The van der Waals surface area contributed by atoms with Crippen molar-refractivity contribution < 1.29 is 4.79 Å². The van der Waals surface area contributed by atoms with Crippen LogP contribution in [0.4, 0.5) is 5.69 Å². The number of anilines is 1. The molecular weight excluding hydrogens is 226 g/mol. The predicted molar refractivity (Wildman–Crippen MR) is 73.3 cm³/mol. The van der Waals surface area contributed by atoms with Gasteiger partial charge in [-0.1, -0.05) is 19.1 Å². The molecule has 0 fully saturated rings. The van der Waals surface area contributed by atoms with Crippen LogP contribution in [0.3, 0.4) is 0 Å². The van der Waals surface area contributed by atoms with Crippen molar-refractivity contribution in [3.8, 4) is 0 Å². The highest BCUT2D eigenvalue weighted by atomic mass is 16.1. The van der Waals surface area contributed by atoms with Crippen LogP contribution in [0, 0.1) is 0 Å². The second-order valence-electron chi connectivity index (χ2n) is 4.32. The molecule has 1 unspecified atom stereocenters. The monoisotopic (exact) mass is 243 g/mol. The van der Waals surface area contributed by atoms with Crippen molar-refractivity contribution in [2.75, 3.05) is 5.32 Å². The van der Waals surface area contributed by atoms with E-state index in [4.69, 9.17) is 5.73 Å². The molecule has 0 bridgehead atoms. The molecule has 2 rings (SSSR count). The lowest BCUT2D eigenvalue weighted by atomic mass is 10.1. The number of carbonyl (C=O) groups excluding carboxylic acids is 1. The number of pyridine rings is 1. The van der Waals surface area contributed by atoms with E-state index in [0.717, 1.165) is 22.9 Å². The molecule has 0 saturated heterocycles. The van der Waals surface area contributed by atoms with Crippen LogP contribution in [-0.4, -0.2) is 16.9 Å². The smallest absolute Gasteiger partial charge is 0.225 e. The van der Waals surface area contributed by atoms with Gasteiger partial charge in [0.15, 0.2) is 0 Å². The van der Waals surface area contributed by atoms with Crippen molar-refractivity contribution in [2.24, 2.45) is 5.73 Å². The van der Waals surface area contributed by atoms with E-state index in [1.807, 2.05) is 31.2 Å². The summed E-state index contributed by atoms with van der Waals surface area (Å²) in [6.07, 6.45) is 4.64. The van der Waals surface area contributed by atoms with Crippen molar-refractivity contribution >= 4 is 22.4 Å². The van der Waals surface area contributed by atoms with Crippen LogP contribution in [0.25, 0.3) is 10.8 Å². The Balaban J connectivity index is 2.19. The largest absolute Gasteiger partial charge is 0.327 e. The number of aromatic nitrogens is 1. The molecule has 1 heterocycles. The van der Waals surface area contributed by atoms with Crippen LogP contribution in [0.2, 0.25) is 0 Å². The van der Waals surface area contributed by atoms with Crippen molar-refractivity contribution in [1.29, 1.82) is 0 Å². The Morgan fingerprint density at radius 1 is 1.44 bits per heavy atom. The molecule has 0 spiro atoms. The summed E-state index contributed by atoms with van der Waals surface area (Å²) in [6, 6.07) is 7.57. The Hall–Kier alpha value is -1.94. The summed E-state index contributed by atoms with van der Waals surface area (Å²) in [4.78, 5) is 15.9. The standard InChI is InChI=1S/C14H17N3O/c1-2-11(15)8-14(18)17-13-5-3-4-10-9-16-7-6-12(10)13/h3-7,9,11H,2,8,15H2,1H3,(H,17,18). The normalized spacial score (nSPS) is 12.3. The van der Waals surface area contributed by atoms with Crippen LogP contribution >= 0.6 is 0 Å². The highest BCUT2D eigenvalue weighted by Gasteiger charge is 2.09. The van der Waals surface area contributed by atoms with Crippen LogP contribution < -0.4 is 11.1 Å². The first-order valence-electron chi connectivity index (χ1n) is 6.09. The van der Waals surface area contributed by atoms with Crippen LogP contribution in [0.15, 0.2) is 36.7 Å². The number of benzene rings is 1. The number of hydrogen-bond acceptors (Lipinski definition) is 3. The molecule has 0 aliphatic carbocycles. The fourth-order valence-electron chi connectivity index (χ4n) is 1.82. The van der Waals surface area contributed by atoms with Crippen molar-refractivity contribution in [1.82, 2.24) is 4.98 Å². The molecule has 0 aliphatic heterocycles. The lowest BCUT2D eigenvalue weighted by Crippen LogP contribution is -2.26. The van der Waals surface area contributed by atoms with Gasteiger partial charge in [0.2, 0.25) is 5.91 Å². The molecule has 0 saturated carbocycles. The SMILES string of the molecule is CCC(N)CC(=O)Nc1cccc2cnccc12. The second-order valence-corrected chi connectivity index (χ2v) is 4.32. The molecular formula is C14H17N3O. The Morgan fingerprint density at radius 2 is 2.28 bits per heavy atom. The molecule has 4 heteroatoms. The Morgan fingerprint density at radius 3 is 3.06 bits per heavy atom. The van der Waals surface area contributed by atoms with Crippen molar-refractivity contribution in [3.05, 3.63) is 36.7 Å². The van der Waals surface area contributed by atoms with Gasteiger partial charge in [-0.3, -0.25) is 9.78 Å². The zero-order chi connectivity index (χ0) is 13.0. The minimum Gasteiger partial charge on any atom is -0.327 e. The molecule has 0 radical (unpaired) electrons. The van der Waals surface area contributed by atoms with Gasteiger partial charge < -0.3 is 11.1 Å². The molecule has 0 aliphatic rings. The van der Waals surface area contributed by atoms with E-state index in [1.54, 1.807) is 12.4 Å². The Labute approximate surface area is 106 Å². The summed E-state index contributed by atoms with van der Waals surface area (Å²) >= 11 is 0. The lowest BCUT2D eigenvalue weighted by Gasteiger charge is -2.11. The van der Waals surface area contributed by atoms with Crippen molar-refractivity contribution in [2.45, 2.75) is 25.8 Å². The van der Waals surface area contributed by atoms with Crippen LogP contribution in [0.1, 0.15) is 19.8 Å². The molecule has 4 nitrogen and oxygen atoms in total. The second kappa shape index (κ2) is 5.60. The number of amides is 1. The zero-order valence-corrected chi connectivity index (χ0v) is 10.4. The fraction of sp³-hybridized carbons (Fsp3) is 0.286. The summed E-state index contributed by atoms with van der Waals surface area (Å²) in [5, 5.41) is 4.90. The molecule has 3 N–H and O–H groups in total. The van der Waals surface area contributed by atoms with E-state index in [1.165, 1.54) is 0 Å². The maximum absolute atomic E-state index is 11.8. The fourth-order valence-corrected chi connectivity index (χ4v) is 1.82. The van der Waals surface area contributed by atoms with Gasteiger partial charge in [-0.25, -0.2) is 0 Å². The number of carbonyl (C=O) groups is 1. The summed E-state index contributed by atoms with van der Waals surface area (Å²) in [5.41, 5.74) is 6.58. The number of nitrogens with one attached hydrogen (secondary N) is 1. The summed E-state index contributed by atoms with van der Waals surface area (Å²) in [5.74, 6) is -0.0475. The third-order valence-electron chi connectivity index (χ3n) is 2.93. The molecule has 1 amide bonds. The minimum absolute atomic E-state index is 0.0475. The van der Waals surface area contributed by atoms with E-state index in [-0.39, 0.29) is 11.9 Å². The van der Waals surface area contributed by atoms with Gasteiger partial charge in [0, 0.05) is 41.3 Å². The van der Waals surface area contributed by atoms with Gasteiger partial charge in [0.05, 0.1) is 0 Å². The number of rotatable bonds is 4. The van der Waals surface area contributed by atoms with E-state index in [9.17, 15) is 4.79 Å². The Bertz CT molecular complexity index is 548. The van der Waals surface area contributed by atoms with Gasteiger partial charge in [-0.2, -0.15) is 0 Å². The van der Waals surface area contributed by atoms with E-state index < -0.39 is 0 Å². The Kier molecular flexibility index (Phi) is 3.89. The number of hydrogen-bond donors (Lipinski definition) is 2. The highest BCUT2D eigenvalue weighted by Crippen LogP contribution is 2.22. The molecule has 1 aromatic heterocycles. The topological polar surface area (TPSA) is 68.0 Å². The zero-order valence-electron chi connectivity index (χ0n) is 10.4.